The van der Waals surface area contributed by atoms with Gasteiger partial charge in [-0.1, -0.05) is 12.1 Å². The number of benzene rings is 1. The molecule has 1 heterocycles. The quantitative estimate of drug-likeness (QED) is 0.806. The summed E-state index contributed by atoms with van der Waals surface area (Å²) < 4.78 is 13.2. The Hall–Kier alpha value is -2.63. The van der Waals surface area contributed by atoms with Crippen molar-refractivity contribution in [2.75, 3.05) is 12.4 Å². The Labute approximate surface area is 121 Å². The second-order valence-electron chi connectivity index (χ2n) is 4.58. The highest BCUT2D eigenvalue weighted by atomic mass is 19.1. The number of rotatable bonds is 4. The molecule has 21 heavy (non-hydrogen) atoms. The molecule has 0 saturated heterocycles. The molecule has 1 amide bonds. The number of anilines is 1. The highest BCUT2D eigenvalue weighted by Gasteiger charge is 2.14. The molecule has 1 aromatic carbocycles. The van der Waals surface area contributed by atoms with Crippen molar-refractivity contribution >= 4 is 11.7 Å². The second-order valence-corrected chi connectivity index (χ2v) is 4.58. The molecule has 2 rings (SSSR count). The molecular formula is C15H16FN3O2. The summed E-state index contributed by atoms with van der Waals surface area (Å²) in [6.07, 6.45) is 1.51. The first-order valence-electron chi connectivity index (χ1n) is 6.44. The fraction of sp³-hybridized carbons (Fsp3) is 0.200. The SMILES string of the molecule is CNC(=O)C(C)Nc1ncc(-c2cccc(F)c2)cc1O. The molecule has 0 aliphatic heterocycles. The van der Waals surface area contributed by atoms with E-state index >= 15 is 0 Å². The van der Waals surface area contributed by atoms with Gasteiger partial charge in [0.05, 0.1) is 0 Å². The van der Waals surface area contributed by atoms with Gasteiger partial charge in [-0.3, -0.25) is 4.79 Å². The summed E-state index contributed by atoms with van der Waals surface area (Å²) in [5, 5.41) is 15.3. The number of carbonyl (C=O) groups is 1. The maximum Gasteiger partial charge on any atom is 0.241 e. The van der Waals surface area contributed by atoms with Crippen LogP contribution in [0.1, 0.15) is 6.92 Å². The van der Waals surface area contributed by atoms with Gasteiger partial charge in [-0.05, 0) is 30.7 Å². The predicted octanol–water partition coefficient (Wildman–Crippen LogP) is 2.14. The van der Waals surface area contributed by atoms with E-state index in [0.717, 1.165) is 0 Å². The average molecular weight is 289 g/mol. The Balaban J connectivity index is 2.23. The number of carbonyl (C=O) groups excluding carboxylic acids is 1. The van der Waals surface area contributed by atoms with Gasteiger partial charge in [0, 0.05) is 18.8 Å². The minimum absolute atomic E-state index is 0.104. The fourth-order valence-corrected chi connectivity index (χ4v) is 1.88. The zero-order valence-corrected chi connectivity index (χ0v) is 11.7. The summed E-state index contributed by atoms with van der Waals surface area (Å²) >= 11 is 0. The van der Waals surface area contributed by atoms with E-state index in [4.69, 9.17) is 0 Å². The number of pyridine rings is 1. The van der Waals surface area contributed by atoms with E-state index < -0.39 is 6.04 Å². The predicted molar refractivity (Wildman–Crippen MR) is 78.4 cm³/mol. The summed E-state index contributed by atoms with van der Waals surface area (Å²) in [5.74, 6) is -0.480. The van der Waals surface area contributed by atoms with Gasteiger partial charge in [-0.15, -0.1) is 0 Å². The maximum absolute atomic E-state index is 13.2. The summed E-state index contributed by atoms with van der Waals surface area (Å²) in [6.45, 7) is 1.65. The topological polar surface area (TPSA) is 74.2 Å². The first-order chi connectivity index (χ1) is 10.0. The lowest BCUT2D eigenvalue weighted by Gasteiger charge is -2.14. The molecule has 0 aliphatic rings. The molecule has 0 bridgehead atoms. The largest absolute Gasteiger partial charge is 0.504 e. The summed E-state index contributed by atoms with van der Waals surface area (Å²) in [6, 6.07) is 6.95. The van der Waals surface area contributed by atoms with E-state index in [2.05, 4.69) is 15.6 Å². The molecule has 0 saturated carbocycles. The normalized spacial score (nSPS) is 11.8. The molecule has 1 atom stereocenters. The van der Waals surface area contributed by atoms with Gasteiger partial charge in [0.2, 0.25) is 5.91 Å². The van der Waals surface area contributed by atoms with Gasteiger partial charge in [-0.25, -0.2) is 9.37 Å². The van der Waals surface area contributed by atoms with Crippen LogP contribution in [0.4, 0.5) is 10.2 Å². The van der Waals surface area contributed by atoms with Crippen LogP contribution in [0.15, 0.2) is 36.5 Å². The van der Waals surface area contributed by atoms with Crippen molar-refractivity contribution in [1.82, 2.24) is 10.3 Å². The van der Waals surface area contributed by atoms with Gasteiger partial charge in [0.15, 0.2) is 11.6 Å². The van der Waals surface area contributed by atoms with Crippen LogP contribution in [-0.4, -0.2) is 29.1 Å². The van der Waals surface area contributed by atoms with Gasteiger partial charge in [0.1, 0.15) is 11.9 Å². The number of hydrogen-bond donors (Lipinski definition) is 3. The van der Waals surface area contributed by atoms with E-state index in [9.17, 15) is 14.3 Å². The number of hydrogen-bond acceptors (Lipinski definition) is 4. The molecule has 0 aliphatic carbocycles. The van der Waals surface area contributed by atoms with Crippen LogP contribution in [0.25, 0.3) is 11.1 Å². The Kier molecular flexibility index (Phi) is 4.37. The van der Waals surface area contributed by atoms with Gasteiger partial charge >= 0.3 is 0 Å². The third kappa shape index (κ3) is 3.47. The Morgan fingerprint density at radius 2 is 2.10 bits per heavy atom. The number of nitrogens with zero attached hydrogens (tertiary/aromatic N) is 1. The lowest BCUT2D eigenvalue weighted by Crippen LogP contribution is -2.35. The Morgan fingerprint density at radius 3 is 2.71 bits per heavy atom. The van der Waals surface area contributed by atoms with Crippen molar-refractivity contribution in [2.24, 2.45) is 0 Å². The third-order valence-corrected chi connectivity index (χ3v) is 3.02. The number of aromatic hydroxyl groups is 1. The molecule has 110 valence electrons. The molecule has 1 unspecified atom stereocenters. The molecule has 0 spiro atoms. The van der Waals surface area contributed by atoms with E-state index in [1.165, 1.54) is 31.4 Å². The third-order valence-electron chi connectivity index (χ3n) is 3.02. The van der Waals surface area contributed by atoms with Crippen molar-refractivity contribution in [3.8, 4) is 16.9 Å². The minimum Gasteiger partial charge on any atom is -0.504 e. The van der Waals surface area contributed by atoms with Gasteiger partial charge in [-0.2, -0.15) is 0 Å². The van der Waals surface area contributed by atoms with Crippen LogP contribution in [0, 0.1) is 5.82 Å². The maximum atomic E-state index is 13.2. The monoisotopic (exact) mass is 289 g/mol. The smallest absolute Gasteiger partial charge is 0.241 e. The molecule has 1 aromatic heterocycles. The van der Waals surface area contributed by atoms with Crippen LogP contribution >= 0.6 is 0 Å². The van der Waals surface area contributed by atoms with Crippen LogP contribution in [0.2, 0.25) is 0 Å². The van der Waals surface area contributed by atoms with Crippen molar-refractivity contribution in [3.05, 3.63) is 42.3 Å². The van der Waals surface area contributed by atoms with Crippen molar-refractivity contribution in [2.45, 2.75) is 13.0 Å². The fourth-order valence-electron chi connectivity index (χ4n) is 1.88. The number of nitrogens with one attached hydrogen (secondary N) is 2. The summed E-state index contributed by atoms with van der Waals surface area (Å²) in [7, 11) is 1.53. The zero-order chi connectivity index (χ0) is 15.4. The van der Waals surface area contributed by atoms with Crippen molar-refractivity contribution in [3.63, 3.8) is 0 Å². The van der Waals surface area contributed by atoms with Crippen molar-refractivity contribution < 1.29 is 14.3 Å². The van der Waals surface area contributed by atoms with Gasteiger partial charge in [0.25, 0.3) is 0 Å². The Morgan fingerprint density at radius 1 is 1.33 bits per heavy atom. The molecular weight excluding hydrogens is 273 g/mol. The highest BCUT2D eigenvalue weighted by molar-refractivity contribution is 5.84. The standard InChI is InChI=1S/C15H16FN3O2/c1-9(15(21)17-2)19-14-13(20)7-11(8-18-14)10-4-3-5-12(16)6-10/h3-9,20H,1-2H3,(H,17,21)(H,18,19). The lowest BCUT2D eigenvalue weighted by atomic mass is 10.1. The molecule has 6 heteroatoms. The minimum atomic E-state index is -0.534. The first kappa shape index (κ1) is 14.8. The highest BCUT2D eigenvalue weighted by Crippen LogP contribution is 2.28. The average Bonchev–Trinajstić information content (AvgIpc) is 2.48. The Bertz CT molecular complexity index is 661. The molecule has 0 radical (unpaired) electrons. The number of halogens is 1. The number of aromatic nitrogens is 1. The van der Waals surface area contributed by atoms with Crippen LogP contribution in [0.5, 0.6) is 5.75 Å². The number of amides is 1. The second kappa shape index (κ2) is 6.21. The van der Waals surface area contributed by atoms with Crippen molar-refractivity contribution in [1.29, 1.82) is 0 Å². The van der Waals surface area contributed by atoms with E-state index in [1.807, 2.05) is 0 Å². The number of likely N-dealkylation sites (N-methyl/N-ethyl adjacent to an activating group) is 1. The molecule has 5 nitrogen and oxygen atoms in total. The summed E-state index contributed by atoms with van der Waals surface area (Å²) in [4.78, 5) is 15.5. The molecule has 3 N–H and O–H groups in total. The first-order valence-corrected chi connectivity index (χ1v) is 6.44. The van der Waals surface area contributed by atoms with Crippen LogP contribution in [0.3, 0.4) is 0 Å². The van der Waals surface area contributed by atoms with E-state index in [0.29, 0.717) is 11.1 Å². The van der Waals surface area contributed by atoms with E-state index in [-0.39, 0.29) is 23.3 Å². The summed E-state index contributed by atoms with van der Waals surface area (Å²) in [5.41, 5.74) is 1.20. The molecule has 2 aromatic rings. The zero-order valence-electron chi connectivity index (χ0n) is 11.7. The van der Waals surface area contributed by atoms with Crippen LogP contribution < -0.4 is 10.6 Å². The van der Waals surface area contributed by atoms with Crippen LogP contribution in [-0.2, 0) is 4.79 Å². The van der Waals surface area contributed by atoms with E-state index in [1.54, 1.807) is 19.1 Å². The molecule has 0 fully saturated rings. The lowest BCUT2D eigenvalue weighted by molar-refractivity contribution is -0.121. The van der Waals surface area contributed by atoms with Gasteiger partial charge < -0.3 is 15.7 Å².